The molecule has 3 atom stereocenters. The molecule has 2 rings (SSSR count). The van der Waals surface area contributed by atoms with E-state index in [0.29, 0.717) is 18.1 Å². The summed E-state index contributed by atoms with van der Waals surface area (Å²) >= 11 is 0. The van der Waals surface area contributed by atoms with Gasteiger partial charge in [-0.25, -0.2) is 0 Å². The van der Waals surface area contributed by atoms with Crippen molar-refractivity contribution in [3.63, 3.8) is 0 Å². The quantitative estimate of drug-likeness (QED) is 0.898. The molecule has 1 N–H and O–H groups in total. The summed E-state index contributed by atoms with van der Waals surface area (Å²) in [5.74, 6) is 0.636. The van der Waals surface area contributed by atoms with Gasteiger partial charge in [-0.15, -0.1) is 0 Å². The first-order valence-electron chi connectivity index (χ1n) is 7.60. The molecule has 0 aromatic carbocycles. The molecule has 0 aliphatic carbocycles. The summed E-state index contributed by atoms with van der Waals surface area (Å²) in [7, 11) is 3.80. The second-order valence-electron chi connectivity index (χ2n) is 5.68. The molecule has 0 bridgehead atoms. The van der Waals surface area contributed by atoms with Gasteiger partial charge in [0, 0.05) is 26.2 Å². The van der Waals surface area contributed by atoms with Gasteiger partial charge in [0.15, 0.2) is 0 Å². The minimum absolute atomic E-state index is 0.323. The fourth-order valence-electron chi connectivity index (χ4n) is 2.93. The lowest BCUT2D eigenvalue weighted by Gasteiger charge is -2.37. The van der Waals surface area contributed by atoms with Gasteiger partial charge in [-0.05, 0) is 37.9 Å². The zero-order valence-electron chi connectivity index (χ0n) is 13.1. The molecule has 2 heterocycles. The number of piperidine rings is 1. The van der Waals surface area contributed by atoms with Gasteiger partial charge in [-0.3, -0.25) is 4.98 Å². The highest BCUT2D eigenvalue weighted by Gasteiger charge is 2.26. The Balaban J connectivity index is 2.06. The molecule has 4 nitrogen and oxygen atoms in total. The average Bonchev–Trinajstić information content (AvgIpc) is 2.50. The Bertz CT molecular complexity index is 403. The van der Waals surface area contributed by atoms with Gasteiger partial charge in [0.05, 0.1) is 23.7 Å². The fourth-order valence-corrected chi connectivity index (χ4v) is 2.93. The highest BCUT2D eigenvalue weighted by atomic mass is 16.5. The third-order valence-corrected chi connectivity index (χ3v) is 4.44. The number of ether oxygens (including phenoxy) is 1. The van der Waals surface area contributed by atoms with Gasteiger partial charge in [0.1, 0.15) is 0 Å². The molecule has 20 heavy (non-hydrogen) atoms. The van der Waals surface area contributed by atoms with Gasteiger partial charge in [-0.1, -0.05) is 13.8 Å². The largest absolute Gasteiger partial charge is 0.379 e. The van der Waals surface area contributed by atoms with E-state index < -0.39 is 0 Å². The number of rotatable bonds is 5. The van der Waals surface area contributed by atoms with Gasteiger partial charge < -0.3 is 15.0 Å². The van der Waals surface area contributed by atoms with Crippen LogP contribution < -0.4 is 10.2 Å². The molecular formula is C16H27N3O. The Kier molecular flexibility index (Phi) is 5.38. The van der Waals surface area contributed by atoms with E-state index >= 15 is 0 Å². The van der Waals surface area contributed by atoms with E-state index in [1.807, 2.05) is 20.4 Å². The first kappa shape index (κ1) is 15.3. The van der Waals surface area contributed by atoms with Crippen LogP contribution in [0.2, 0.25) is 0 Å². The van der Waals surface area contributed by atoms with Crippen LogP contribution in [0.15, 0.2) is 18.3 Å². The van der Waals surface area contributed by atoms with Crippen molar-refractivity contribution in [2.24, 2.45) is 5.92 Å². The van der Waals surface area contributed by atoms with E-state index in [4.69, 9.17) is 4.74 Å². The number of pyridine rings is 1. The van der Waals surface area contributed by atoms with E-state index in [1.54, 1.807) is 0 Å². The molecule has 1 aromatic heterocycles. The summed E-state index contributed by atoms with van der Waals surface area (Å²) in [6.07, 6.45) is 4.55. The molecule has 0 amide bonds. The maximum atomic E-state index is 5.58. The highest BCUT2D eigenvalue weighted by molar-refractivity contribution is 5.45. The van der Waals surface area contributed by atoms with Crippen molar-refractivity contribution in [3.05, 3.63) is 24.0 Å². The lowest BCUT2D eigenvalue weighted by molar-refractivity contribution is 0.0498. The Labute approximate surface area is 122 Å². The Morgan fingerprint density at radius 1 is 1.50 bits per heavy atom. The smallest absolute Gasteiger partial charge is 0.0772 e. The fraction of sp³-hybridized carbons (Fsp3) is 0.688. The maximum Gasteiger partial charge on any atom is 0.0772 e. The zero-order chi connectivity index (χ0) is 14.5. The topological polar surface area (TPSA) is 37.4 Å². The molecule has 3 unspecified atom stereocenters. The number of anilines is 1. The highest BCUT2D eigenvalue weighted by Crippen LogP contribution is 2.25. The van der Waals surface area contributed by atoms with Gasteiger partial charge in [0.25, 0.3) is 0 Å². The van der Waals surface area contributed by atoms with Crippen LogP contribution in [-0.4, -0.2) is 38.3 Å². The first-order chi connectivity index (χ1) is 9.69. The second kappa shape index (κ2) is 7.04. The average molecular weight is 277 g/mol. The summed E-state index contributed by atoms with van der Waals surface area (Å²) in [6, 6.07) is 4.67. The molecule has 0 saturated carbocycles. The maximum absolute atomic E-state index is 5.58. The van der Waals surface area contributed by atoms with Crippen molar-refractivity contribution in [1.82, 2.24) is 10.3 Å². The Morgan fingerprint density at radius 2 is 2.30 bits per heavy atom. The molecule has 0 radical (unpaired) electrons. The van der Waals surface area contributed by atoms with Crippen molar-refractivity contribution < 1.29 is 4.74 Å². The van der Waals surface area contributed by atoms with Crippen molar-refractivity contribution in [1.29, 1.82) is 0 Å². The Morgan fingerprint density at radius 3 is 2.85 bits per heavy atom. The van der Waals surface area contributed by atoms with Gasteiger partial charge in [0.2, 0.25) is 0 Å². The molecule has 1 saturated heterocycles. The Hall–Kier alpha value is -1.13. The van der Waals surface area contributed by atoms with Crippen molar-refractivity contribution in [3.8, 4) is 0 Å². The summed E-state index contributed by atoms with van der Waals surface area (Å²) in [5.41, 5.74) is 2.32. The monoisotopic (exact) mass is 277 g/mol. The van der Waals surface area contributed by atoms with Crippen LogP contribution in [0.3, 0.4) is 0 Å². The van der Waals surface area contributed by atoms with Crippen LogP contribution in [0.1, 0.15) is 38.4 Å². The normalized spacial score (nSPS) is 24.7. The molecular weight excluding hydrogens is 250 g/mol. The number of methoxy groups -OCH3 is 1. The molecule has 1 aliphatic heterocycles. The van der Waals surface area contributed by atoms with Crippen LogP contribution in [-0.2, 0) is 4.74 Å². The predicted octanol–water partition coefficient (Wildman–Crippen LogP) is 2.61. The third-order valence-electron chi connectivity index (χ3n) is 4.44. The van der Waals surface area contributed by atoms with Crippen LogP contribution in [0.4, 0.5) is 5.69 Å². The molecule has 1 aliphatic rings. The van der Waals surface area contributed by atoms with Crippen LogP contribution >= 0.6 is 0 Å². The van der Waals surface area contributed by atoms with Crippen LogP contribution in [0, 0.1) is 5.92 Å². The summed E-state index contributed by atoms with van der Waals surface area (Å²) in [6.45, 7) is 6.49. The minimum atomic E-state index is 0.323. The number of aromatic nitrogens is 1. The van der Waals surface area contributed by atoms with E-state index in [1.165, 1.54) is 12.1 Å². The molecule has 1 aromatic rings. The molecule has 112 valence electrons. The van der Waals surface area contributed by atoms with E-state index in [0.717, 1.165) is 25.2 Å². The first-order valence-corrected chi connectivity index (χ1v) is 7.60. The summed E-state index contributed by atoms with van der Waals surface area (Å²) < 4.78 is 5.58. The number of hydrogen-bond acceptors (Lipinski definition) is 4. The standard InChI is InChI=1S/C16H27N3O/c1-5-14(17-3)15-7-6-13(10-18-15)19-9-8-12(2)16(11-19)20-4/h6-7,10,12,14,16-17H,5,8-9,11H2,1-4H3. The van der Waals surface area contributed by atoms with Crippen molar-refractivity contribution in [2.75, 3.05) is 32.1 Å². The van der Waals surface area contributed by atoms with E-state index in [9.17, 15) is 0 Å². The second-order valence-corrected chi connectivity index (χ2v) is 5.68. The minimum Gasteiger partial charge on any atom is -0.379 e. The van der Waals surface area contributed by atoms with Crippen molar-refractivity contribution in [2.45, 2.75) is 38.8 Å². The summed E-state index contributed by atoms with van der Waals surface area (Å²) in [4.78, 5) is 7.00. The van der Waals surface area contributed by atoms with Gasteiger partial charge >= 0.3 is 0 Å². The molecule has 0 spiro atoms. The van der Waals surface area contributed by atoms with Crippen LogP contribution in [0.25, 0.3) is 0 Å². The predicted molar refractivity (Wildman–Crippen MR) is 83.1 cm³/mol. The molecule has 1 fully saturated rings. The lowest BCUT2D eigenvalue weighted by atomic mass is 9.95. The van der Waals surface area contributed by atoms with Crippen molar-refractivity contribution >= 4 is 5.69 Å². The molecule has 4 heteroatoms. The third kappa shape index (κ3) is 3.30. The number of hydrogen-bond donors (Lipinski definition) is 1. The van der Waals surface area contributed by atoms with Crippen LogP contribution in [0.5, 0.6) is 0 Å². The zero-order valence-corrected chi connectivity index (χ0v) is 13.1. The number of nitrogens with one attached hydrogen (secondary N) is 1. The SMILES string of the molecule is CCC(NC)c1ccc(N2CCC(C)C(OC)C2)cn1. The van der Waals surface area contributed by atoms with E-state index in [-0.39, 0.29) is 0 Å². The van der Waals surface area contributed by atoms with E-state index in [2.05, 4.69) is 41.2 Å². The van der Waals surface area contributed by atoms with Gasteiger partial charge in [-0.2, -0.15) is 0 Å². The lowest BCUT2D eigenvalue weighted by Crippen LogP contribution is -2.44. The summed E-state index contributed by atoms with van der Waals surface area (Å²) in [5, 5.41) is 3.29. The number of nitrogens with zero attached hydrogens (tertiary/aromatic N) is 2.